The van der Waals surface area contributed by atoms with Gasteiger partial charge in [-0.25, -0.2) is 0 Å². The lowest BCUT2D eigenvalue weighted by Gasteiger charge is -2.28. The molecular weight excluding hydrogens is 404 g/mol. The second kappa shape index (κ2) is 10.6. The molecule has 0 saturated carbocycles. The lowest BCUT2D eigenvalue weighted by atomic mass is 10.1. The third-order valence-corrected chi connectivity index (χ3v) is 5.30. The summed E-state index contributed by atoms with van der Waals surface area (Å²) in [7, 11) is 0. The van der Waals surface area contributed by atoms with Gasteiger partial charge in [0.25, 0.3) is 0 Å². The summed E-state index contributed by atoms with van der Waals surface area (Å²) in [6, 6.07) is 15.6. The summed E-state index contributed by atoms with van der Waals surface area (Å²) in [5.41, 5.74) is 5.83. The van der Waals surface area contributed by atoms with Crippen LogP contribution in [-0.4, -0.2) is 35.9 Å². The van der Waals surface area contributed by atoms with Gasteiger partial charge in [-0.1, -0.05) is 35.9 Å². The van der Waals surface area contributed by atoms with Gasteiger partial charge in [0.1, 0.15) is 12.4 Å². The number of nitrogens with one attached hydrogen (secondary N) is 1. The minimum Gasteiger partial charge on any atom is -0.619 e. The van der Waals surface area contributed by atoms with Gasteiger partial charge in [0.05, 0.1) is 12.6 Å². The minimum absolute atomic E-state index is 0.273. The van der Waals surface area contributed by atoms with Crippen molar-refractivity contribution in [1.29, 1.82) is 0 Å². The van der Waals surface area contributed by atoms with Crippen LogP contribution in [0.4, 0.5) is 11.6 Å². The zero-order chi connectivity index (χ0) is 22.2. The van der Waals surface area contributed by atoms with Gasteiger partial charge in [0.15, 0.2) is 17.7 Å². The molecule has 1 aliphatic heterocycles. The molecule has 3 heterocycles. The van der Waals surface area contributed by atoms with Crippen molar-refractivity contribution in [1.82, 2.24) is 9.97 Å². The monoisotopic (exact) mass is 432 g/mol. The zero-order valence-electron chi connectivity index (χ0n) is 18.3. The maximum absolute atomic E-state index is 11.8. The molecule has 1 N–H and O–H groups in total. The van der Waals surface area contributed by atoms with Crippen molar-refractivity contribution in [2.45, 2.75) is 32.6 Å². The Hall–Kier alpha value is -3.68. The number of rotatable bonds is 8. The molecule has 0 radical (unpaired) electrons. The van der Waals surface area contributed by atoms with E-state index in [9.17, 15) is 5.21 Å². The van der Waals surface area contributed by atoms with Crippen molar-refractivity contribution < 1.29 is 9.47 Å². The summed E-state index contributed by atoms with van der Waals surface area (Å²) in [5.74, 6) is 1.39. The van der Waals surface area contributed by atoms with Crippen molar-refractivity contribution in [3.8, 4) is 6.01 Å². The average Bonchev–Trinajstić information content (AvgIpc) is 2.81. The van der Waals surface area contributed by atoms with Crippen LogP contribution in [0.3, 0.4) is 0 Å². The number of pyridine rings is 1. The summed E-state index contributed by atoms with van der Waals surface area (Å²) >= 11 is 0. The van der Waals surface area contributed by atoms with E-state index in [1.807, 2.05) is 37.3 Å². The molecule has 8 heteroatoms. The Balaban J connectivity index is 1.47. The first-order chi connectivity index (χ1) is 15.7. The van der Waals surface area contributed by atoms with Gasteiger partial charge in [-0.15, -0.1) is 0 Å². The van der Waals surface area contributed by atoms with E-state index in [0.717, 1.165) is 42.0 Å². The fourth-order valence-electron chi connectivity index (χ4n) is 3.65. The van der Waals surface area contributed by atoms with E-state index in [2.05, 4.69) is 31.5 Å². The molecule has 1 saturated heterocycles. The first-order valence-corrected chi connectivity index (χ1v) is 11.0. The van der Waals surface area contributed by atoms with Gasteiger partial charge in [-0.3, -0.25) is 5.43 Å². The second-order valence-corrected chi connectivity index (χ2v) is 7.84. The molecule has 0 spiro atoms. The highest BCUT2D eigenvalue weighted by Crippen LogP contribution is 2.23. The molecule has 2 aromatic heterocycles. The van der Waals surface area contributed by atoms with Gasteiger partial charge >= 0.3 is 6.01 Å². The number of piperidine rings is 1. The predicted molar refractivity (Wildman–Crippen MR) is 125 cm³/mol. The maximum Gasteiger partial charge on any atom is 0.320 e. The normalized spacial score (nSPS) is 14.0. The molecule has 0 unspecified atom stereocenters. The molecule has 32 heavy (non-hydrogen) atoms. The highest BCUT2D eigenvalue weighted by atomic mass is 16.5. The van der Waals surface area contributed by atoms with Crippen molar-refractivity contribution in [2.75, 3.05) is 30.0 Å². The highest BCUT2D eigenvalue weighted by molar-refractivity contribution is 5.80. The number of hydrazone groups is 1. The van der Waals surface area contributed by atoms with Crippen molar-refractivity contribution in [2.24, 2.45) is 5.10 Å². The molecule has 0 atom stereocenters. The Labute approximate surface area is 188 Å². The fraction of sp³-hybridized carbons (Fsp3) is 0.333. The Morgan fingerprint density at radius 3 is 2.81 bits per heavy atom. The molecular formula is C24H28N6O2. The number of hydrogen-bond acceptors (Lipinski definition) is 7. The first kappa shape index (κ1) is 21.5. The van der Waals surface area contributed by atoms with E-state index < -0.39 is 0 Å². The van der Waals surface area contributed by atoms with Crippen LogP contribution in [0.5, 0.6) is 6.01 Å². The molecule has 0 bridgehead atoms. The second-order valence-electron chi connectivity index (χ2n) is 7.84. The quantitative estimate of drug-likeness (QED) is 0.254. The van der Waals surface area contributed by atoms with Gasteiger partial charge in [0.2, 0.25) is 0 Å². The maximum atomic E-state index is 11.8. The van der Waals surface area contributed by atoms with Crippen LogP contribution in [0.25, 0.3) is 0 Å². The number of benzene rings is 1. The summed E-state index contributed by atoms with van der Waals surface area (Å²) < 4.78 is 6.67. The number of aryl methyl sites for hydroxylation is 1. The van der Waals surface area contributed by atoms with E-state index in [1.54, 1.807) is 18.3 Å². The molecule has 8 nitrogen and oxygen atoms in total. The number of nitrogens with zero attached hydrogens (tertiary/aromatic N) is 5. The van der Waals surface area contributed by atoms with Crippen molar-refractivity contribution in [3.05, 3.63) is 76.8 Å². The summed E-state index contributed by atoms with van der Waals surface area (Å²) in [6.45, 7) is 4.28. The van der Waals surface area contributed by atoms with E-state index in [4.69, 9.17) is 4.74 Å². The number of aromatic nitrogens is 3. The highest BCUT2D eigenvalue weighted by Gasteiger charge is 2.15. The Morgan fingerprint density at radius 1 is 1.12 bits per heavy atom. The average molecular weight is 433 g/mol. The molecule has 1 aliphatic rings. The first-order valence-electron chi connectivity index (χ1n) is 11.0. The van der Waals surface area contributed by atoms with Crippen LogP contribution in [-0.2, 0) is 6.42 Å². The molecule has 166 valence electrons. The molecule has 0 amide bonds. The fourth-order valence-corrected chi connectivity index (χ4v) is 3.65. The summed E-state index contributed by atoms with van der Waals surface area (Å²) in [5, 5.41) is 16.2. The molecule has 0 aliphatic carbocycles. The SMILES string of the molecule is Cc1cccc(/C=N/Nc2cc(N3CCCCC3)nc(OCCc3cccc[n+]3[O-])n2)c1. The van der Waals surface area contributed by atoms with Crippen molar-refractivity contribution >= 4 is 17.9 Å². The van der Waals surface area contributed by atoms with Crippen LogP contribution >= 0.6 is 0 Å². The van der Waals surface area contributed by atoms with E-state index in [1.165, 1.54) is 18.2 Å². The Bertz CT molecular complexity index is 1070. The smallest absolute Gasteiger partial charge is 0.320 e. The van der Waals surface area contributed by atoms with Gasteiger partial charge < -0.3 is 14.8 Å². The lowest BCUT2D eigenvalue weighted by molar-refractivity contribution is -0.614. The molecule has 1 aromatic carbocycles. The Morgan fingerprint density at radius 2 is 2.00 bits per heavy atom. The zero-order valence-corrected chi connectivity index (χ0v) is 18.3. The summed E-state index contributed by atoms with van der Waals surface area (Å²) in [4.78, 5) is 11.3. The van der Waals surface area contributed by atoms with Crippen molar-refractivity contribution in [3.63, 3.8) is 0 Å². The van der Waals surface area contributed by atoms with E-state index >= 15 is 0 Å². The van der Waals surface area contributed by atoms with Crippen LogP contribution in [0, 0.1) is 12.1 Å². The third-order valence-electron chi connectivity index (χ3n) is 5.30. The van der Waals surface area contributed by atoms with E-state index in [0.29, 0.717) is 24.5 Å². The third kappa shape index (κ3) is 5.94. The molecule has 1 fully saturated rings. The predicted octanol–water partition coefficient (Wildman–Crippen LogP) is 3.48. The Kier molecular flexibility index (Phi) is 7.12. The van der Waals surface area contributed by atoms with Crippen LogP contribution in [0.1, 0.15) is 36.1 Å². The van der Waals surface area contributed by atoms with Crippen LogP contribution in [0.15, 0.2) is 59.8 Å². The van der Waals surface area contributed by atoms with Gasteiger partial charge in [-0.2, -0.15) is 19.8 Å². The van der Waals surface area contributed by atoms with Crippen LogP contribution in [0.2, 0.25) is 0 Å². The molecule has 4 rings (SSSR count). The number of ether oxygens (including phenoxy) is 1. The van der Waals surface area contributed by atoms with E-state index in [-0.39, 0.29) is 6.01 Å². The van der Waals surface area contributed by atoms with Gasteiger partial charge in [0, 0.05) is 31.3 Å². The number of anilines is 2. The topological polar surface area (TPSA) is 89.6 Å². The standard InChI is InChI=1S/C24H28N6O2/c1-19-8-7-9-20(16-19)18-25-28-22-17-23(29-12-4-2-5-13-29)27-24(26-22)32-15-11-21-10-3-6-14-30(21)31/h3,6-10,14,16-18H,2,4-5,11-13,15H2,1H3,(H,26,27,28)/b25-18+. The largest absolute Gasteiger partial charge is 0.619 e. The minimum atomic E-state index is 0.273. The lowest BCUT2D eigenvalue weighted by Crippen LogP contribution is -2.32. The van der Waals surface area contributed by atoms with Gasteiger partial charge in [-0.05, 0) is 31.7 Å². The summed E-state index contributed by atoms with van der Waals surface area (Å²) in [6.07, 6.45) is 7.24. The molecule has 3 aromatic rings. The number of hydrogen-bond donors (Lipinski definition) is 1. The van der Waals surface area contributed by atoms with Crippen LogP contribution < -0.4 is 19.8 Å².